The van der Waals surface area contributed by atoms with Crippen LogP contribution in [0.5, 0.6) is 0 Å². The Balaban J connectivity index is 2.27. The second-order valence-corrected chi connectivity index (χ2v) is 7.31. The van der Waals surface area contributed by atoms with Crippen LogP contribution in [-0.4, -0.2) is 46.5 Å². The maximum Gasteiger partial charge on any atom is 0.355 e. The van der Waals surface area contributed by atoms with Crippen molar-refractivity contribution in [3.8, 4) is 17.1 Å². The van der Waals surface area contributed by atoms with Gasteiger partial charge in [0.15, 0.2) is 17.5 Å². The highest BCUT2D eigenvalue weighted by molar-refractivity contribution is 7.89. The summed E-state index contributed by atoms with van der Waals surface area (Å²) in [5.74, 6) is -3.58. The van der Waals surface area contributed by atoms with Crippen molar-refractivity contribution in [2.75, 3.05) is 19.1 Å². The number of benzene rings is 1. The minimum absolute atomic E-state index is 0.0775. The van der Waals surface area contributed by atoms with Gasteiger partial charge in [-0.15, -0.1) is 10.2 Å². The van der Waals surface area contributed by atoms with E-state index in [0.29, 0.717) is 3.97 Å². The normalized spacial score (nSPS) is 11.6. The van der Waals surface area contributed by atoms with Gasteiger partial charge in [0.2, 0.25) is 16.0 Å². The first-order valence-corrected chi connectivity index (χ1v) is 9.17. The zero-order chi connectivity index (χ0) is 19.9. The van der Waals surface area contributed by atoms with Crippen LogP contribution in [0, 0.1) is 11.6 Å². The number of ether oxygens (including phenoxy) is 1. The number of methoxy groups -OCH3 is 1. The van der Waals surface area contributed by atoms with E-state index in [1.165, 1.54) is 18.2 Å². The van der Waals surface area contributed by atoms with Crippen molar-refractivity contribution < 1.29 is 26.7 Å². The third kappa shape index (κ3) is 3.14. The Morgan fingerprint density at radius 1 is 1.26 bits per heavy atom. The van der Waals surface area contributed by atoms with E-state index in [9.17, 15) is 22.0 Å². The second-order valence-electron chi connectivity index (χ2n) is 5.45. The smallest absolute Gasteiger partial charge is 0.355 e. The lowest BCUT2D eigenvalue weighted by Crippen LogP contribution is -2.16. The molecule has 0 radical (unpaired) electrons. The number of anilines is 1. The maximum atomic E-state index is 14.2. The Kier molecular flexibility index (Phi) is 4.43. The number of nitrogens with two attached hydrogens (primary N) is 1. The lowest BCUT2D eigenvalue weighted by atomic mass is 10.2. The van der Waals surface area contributed by atoms with Gasteiger partial charge < -0.3 is 10.5 Å². The number of nitrogens with zero attached hydrogens (tertiary/aromatic N) is 4. The van der Waals surface area contributed by atoms with Crippen molar-refractivity contribution in [1.29, 1.82) is 0 Å². The summed E-state index contributed by atoms with van der Waals surface area (Å²) in [5.41, 5.74) is 5.23. The summed E-state index contributed by atoms with van der Waals surface area (Å²) in [6.45, 7) is 0. The van der Waals surface area contributed by atoms with Gasteiger partial charge in [-0.1, -0.05) is 6.07 Å². The third-order valence-corrected chi connectivity index (χ3v) is 4.67. The van der Waals surface area contributed by atoms with E-state index in [2.05, 4.69) is 14.9 Å². The highest BCUT2D eigenvalue weighted by Crippen LogP contribution is 2.28. The van der Waals surface area contributed by atoms with Crippen molar-refractivity contribution >= 4 is 21.9 Å². The lowest BCUT2D eigenvalue weighted by Gasteiger charge is -2.08. The largest absolute Gasteiger partial charge is 0.464 e. The van der Waals surface area contributed by atoms with Crippen LogP contribution < -0.4 is 5.73 Å². The molecular weight excluding hydrogens is 384 g/mol. The molecule has 0 spiro atoms. The van der Waals surface area contributed by atoms with Gasteiger partial charge in [-0.25, -0.2) is 26.0 Å². The fourth-order valence-corrected chi connectivity index (χ4v) is 3.27. The summed E-state index contributed by atoms with van der Waals surface area (Å²) in [6, 6.07) is 4.60. The Bertz CT molecular complexity index is 1150. The third-order valence-electron chi connectivity index (χ3n) is 3.66. The van der Waals surface area contributed by atoms with Crippen LogP contribution in [0.3, 0.4) is 0 Å². The minimum Gasteiger partial charge on any atom is -0.464 e. The Labute approximate surface area is 152 Å². The van der Waals surface area contributed by atoms with Gasteiger partial charge in [-0.2, -0.15) is 0 Å². The number of hydrogen-bond acceptors (Lipinski definition) is 7. The first-order valence-electron chi connectivity index (χ1n) is 7.32. The number of halogens is 2. The van der Waals surface area contributed by atoms with E-state index in [-0.39, 0.29) is 28.7 Å². The average molecular weight is 397 g/mol. The molecule has 0 bridgehead atoms. The van der Waals surface area contributed by atoms with E-state index in [4.69, 9.17) is 5.73 Å². The van der Waals surface area contributed by atoms with Crippen molar-refractivity contribution in [3.05, 3.63) is 47.8 Å². The standard InChI is InChI=1S/C15H13F2N5O4S/c1-26-14(23)11-6-8(7-21(11)27(2,24)25)13-19-20-15(18)22(13)10-5-3-4-9(16)12(10)17/h3-7H,1-2H3,(H2,18,20). The Hall–Kier alpha value is -3.28. The number of nitrogen functional groups attached to an aromatic ring is 1. The number of carbonyl (C=O) groups excluding carboxylic acids is 1. The first-order chi connectivity index (χ1) is 12.6. The minimum atomic E-state index is -3.87. The molecule has 142 valence electrons. The topological polar surface area (TPSA) is 122 Å². The molecule has 3 aromatic rings. The van der Waals surface area contributed by atoms with Crippen LogP contribution in [0.2, 0.25) is 0 Å². The highest BCUT2D eigenvalue weighted by atomic mass is 32.2. The molecule has 27 heavy (non-hydrogen) atoms. The van der Waals surface area contributed by atoms with Crippen LogP contribution in [-0.2, 0) is 14.8 Å². The number of aromatic nitrogens is 4. The molecule has 0 aliphatic heterocycles. The van der Waals surface area contributed by atoms with E-state index in [0.717, 1.165) is 30.2 Å². The molecular formula is C15H13F2N5O4S. The molecule has 2 N–H and O–H groups in total. The van der Waals surface area contributed by atoms with Crippen molar-refractivity contribution in [2.24, 2.45) is 0 Å². The van der Waals surface area contributed by atoms with Gasteiger partial charge in [-0.05, 0) is 18.2 Å². The van der Waals surface area contributed by atoms with E-state index >= 15 is 0 Å². The molecule has 2 heterocycles. The summed E-state index contributed by atoms with van der Waals surface area (Å²) in [6.07, 6.45) is 1.97. The molecule has 0 aliphatic rings. The summed E-state index contributed by atoms with van der Waals surface area (Å²) < 4.78 is 58.0. The molecule has 0 atom stereocenters. The fourth-order valence-electron chi connectivity index (χ4n) is 2.48. The summed E-state index contributed by atoms with van der Waals surface area (Å²) in [5, 5.41) is 7.43. The molecule has 0 fully saturated rings. The average Bonchev–Trinajstić information content (AvgIpc) is 3.20. The zero-order valence-corrected chi connectivity index (χ0v) is 14.9. The lowest BCUT2D eigenvalue weighted by molar-refractivity contribution is 0.0593. The van der Waals surface area contributed by atoms with Crippen LogP contribution >= 0.6 is 0 Å². The Morgan fingerprint density at radius 2 is 1.96 bits per heavy atom. The Morgan fingerprint density at radius 3 is 2.59 bits per heavy atom. The van der Waals surface area contributed by atoms with Gasteiger partial charge >= 0.3 is 5.97 Å². The predicted molar refractivity (Wildman–Crippen MR) is 90.7 cm³/mol. The van der Waals surface area contributed by atoms with E-state index in [1.54, 1.807) is 0 Å². The molecule has 0 unspecified atom stereocenters. The molecule has 9 nitrogen and oxygen atoms in total. The van der Waals surface area contributed by atoms with Gasteiger partial charge in [0.1, 0.15) is 5.69 Å². The summed E-state index contributed by atoms with van der Waals surface area (Å²) in [4.78, 5) is 11.9. The van der Waals surface area contributed by atoms with Crippen LogP contribution in [0.25, 0.3) is 17.1 Å². The molecule has 0 amide bonds. The van der Waals surface area contributed by atoms with Crippen LogP contribution in [0.15, 0.2) is 30.5 Å². The summed E-state index contributed by atoms with van der Waals surface area (Å²) in [7, 11) is -2.78. The number of rotatable bonds is 4. The monoisotopic (exact) mass is 397 g/mol. The van der Waals surface area contributed by atoms with Crippen molar-refractivity contribution in [1.82, 2.24) is 18.7 Å². The van der Waals surface area contributed by atoms with Crippen molar-refractivity contribution in [3.63, 3.8) is 0 Å². The zero-order valence-electron chi connectivity index (χ0n) is 14.1. The molecule has 0 aliphatic carbocycles. The van der Waals surface area contributed by atoms with Gasteiger partial charge in [-0.3, -0.25) is 4.57 Å². The van der Waals surface area contributed by atoms with Gasteiger partial charge in [0, 0.05) is 11.8 Å². The molecule has 2 aromatic heterocycles. The van der Waals surface area contributed by atoms with E-state index in [1.807, 2.05) is 0 Å². The quantitative estimate of drug-likeness (QED) is 0.656. The fraction of sp³-hybridized carbons (Fsp3) is 0.133. The van der Waals surface area contributed by atoms with Crippen LogP contribution in [0.1, 0.15) is 10.5 Å². The molecule has 3 rings (SSSR count). The van der Waals surface area contributed by atoms with Gasteiger partial charge in [0.25, 0.3) is 0 Å². The van der Waals surface area contributed by atoms with E-state index < -0.39 is 27.6 Å². The number of carbonyl (C=O) groups is 1. The molecule has 0 saturated carbocycles. The second kappa shape index (κ2) is 6.46. The number of hydrogen-bond donors (Lipinski definition) is 1. The van der Waals surface area contributed by atoms with Gasteiger partial charge in [0.05, 0.1) is 19.1 Å². The predicted octanol–water partition coefficient (Wildman–Crippen LogP) is 1.19. The molecule has 12 heteroatoms. The molecule has 1 aromatic carbocycles. The number of esters is 1. The molecule has 0 saturated heterocycles. The highest BCUT2D eigenvalue weighted by Gasteiger charge is 2.25. The van der Waals surface area contributed by atoms with Crippen molar-refractivity contribution in [2.45, 2.75) is 0 Å². The SMILES string of the molecule is COC(=O)c1cc(-c2nnc(N)n2-c2cccc(F)c2F)cn1S(C)(=O)=O. The maximum absolute atomic E-state index is 14.2. The summed E-state index contributed by atoms with van der Waals surface area (Å²) >= 11 is 0. The first kappa shape index (κ1) is 18.5. The van der Waals surface area contributed by atoms with Crippen LogP contribution in [0.4, 0.5) is 14.7 Å².